The van der Waals surface area contributed by atoms with E-state index >= 15 is 0 Å². The minimum Gasteiger partial charge on any atom is -0.478 e. The second kappa shape index (κ2) is 11.3. The molecular formula is C31H30N4O4S. The number of aromatic nitrogens is 1. The summed E-state index contributed by atoms with van der Waals surface area (Å²) in [5.41, 5.74) is 5.50. The number of nitrogens with one attached hydrogen (secondary N) is 2. The third kappa shape index (κ3) is 5.60. The molecule has 0 saturated carbocycles. The number of aromatic carboxylic acids is 1. The number of furan rings is 1. The lowest BCUT2D eigenvalue weighted by molar-refractivity contribution is -0.116. The Hall–Kier alpha value is -4.50. The van der Waals surface area contributed by atoms with Gasteiger partial charge < -0.3 is 25.1 Å². The molecule has 0 bridgehead atoms. The van der Waals surface area contributed by atoms with Crippen molar-refractivity contribution in [3.05, 3.63) is 107 Å². The highest BCUT2D eigenvalue weighted by atomic mass is 32.1. The molecule has 2 aromatic carbocycles. The number of anilines is 1. The first kappa shape index (κ1) is 27.1. The van der Waals surface area contributed by atoms with Gasteiger partial charge in [-0.3, -0.25) is 9.78 Å². The highest BCUT2D eigenvalue weighted by Crippen LogP contribution is 2.41. The average molecular weight is 555 g/mol. The van der Waals surface area contributed by atoms with E-state index < -0.39 is 5.97 Å². The van der Waals surface area contributed by atoms with Crippen molar-refractivity contribution in [3.63, 3.8) is 0 Å². The maximum Gasteiger partial charge on any atom is 0.335 e. The quantitative estimate of drug-likeness (QED) is 0.229. The smallest absolute Gasteiger partial charge is 0.335 e. The molecular weight excluding hydrogens is 524 g/mol. The number of carbonyl (C=O) groups is 2. The number of carboxylic acids is 1. The molecule has 4 aromatic rings. The minimum atomic E-state index is -0.976. The Balaban J connectivity index is 1.41. The van der Waals surface area contributed by atoms with Crippen LogP contribution in [0.25, 0.3) is 11.3 Å². The van der Waals surface area contributed by atoms with E-state index in [1.165, 1.54) is 0 Å². The average Bonchev–Trinajstić information content (AvgIpc) is 3.54. The van der Waals surface area contributed by atoms with Crippen LogP contribution in [0.4, 0.5) is 5.69 Å². The molecule has 8 nitrogen and oxygen atoms in total. The predicted octanol–water partition coefficient (Wildman–Crippen LogP) is 5.97. The third-order valence-electron chi connectivity index (χ3n) is 7.10. The Morgan fingerprint density at radius 1 is 1.05 bits per heavy atom. The van der Waals surface area contributed by atoms with Gasteiger partial charge in [-0.05, 0) is 92.1 Å². The van der Waals surface area contributed by atoms with Crippen molar-refractivity contribution < 1.29 is 19.1 Å². The fourth-order valence-electron chi connectivity index (χ4n) is 4.99. The van der Waals surface area contributed by atoms with Crippen LogP contribution in [-0.4, -0.2) is 38.5 Å². The van der Waals surface area contributed by atoms with E-state index in [1.54, 1.807) is 24.4 Å². The molecule has 1 fully saturated rings. The van der Waals surface area contributed by atoms with Gasteiger partial charge in [0, 0.05) is 30.4 Å². The molecule has 3 heterocycles. The van der Waals surface area contributed by atoms with E-state index in [0.29, 0.717) is 23.2 Å². The second-order valence-electron chi connectivity index (χ2n) is 9.97. The first-order valence-electron chi connectivity index (χ1n) is 13.0. The van der Waals surface area contributed by atoms with Crippen molar-refractivity contribution in [1.82, 2.24) is 15.2 Å². The van der Waals surface area contributed by atoms with Crippen LogP contribution in [0, 0.1) is 20.8 Å². The van der Waals surface area contributed by atoms with E-state index in [2.05, 4.69) is 15.6 Å². The zero-order valence-corrected chi connectivity index (χ0v) is 23.3. The summed E-state index contributed by atoms with van der Waals surface area (Å²) in [4.78, 5) is 30.9. The lowest BCUT2D eigenvalue weighted by Gasteiger charge is -2.26. The van der Waals surface area contributed by atoms with Crippen LogP contribution >= 0.6 is 12.2 Å². The molecule has 2 atom stereocenters. The minimum absolute atomic E-state index is 0.106. The van der Waals surface area contributed by atoms with Gasteiger partial charge in [0.15, 0.2) is 5.11 Å². The number of amides is 1. The van der Waals surface area contributed by atoms with Crippen LogP contribution in [0.3, 0.4) is 0 Å². The first-order valence-corrected chi connectivity index (χ1v) is 13.4. The molecule has 1 amide bonds. The summed E-state index contributed by atoms with van der Waals surface area (Å²) in [7, 11) is 0. The number of rotatable bonds is 8. The van der Waals surface area contributed by atoms with Crippen molar-refractivity contribution >= 4 is 34.9 Å². The Kier molecular flexibility index (Phi) is 7.66. The standard InChI is InChI=1S/C31H30N4O4S/c1-18-7-8-19(2)24(16-18)33-27(36)13-15-35-29(28(34-31(35)40)23-6-4-5-14-32-23)26-12-11-25(39-26)22-10-9-21(30(37)38)17-20(22)3/h4-12,14,16-17,28-29H,13,15H2,1-3H3,(H,33,36)(H,34,40)(H,37,38)/t28-,29-/m0/s1. The summed E-state index contributed by atoms with van der Waals surface area (Å²) in [6, 6.07) is 19.8. The normalized spacial score (nSPS) is 16.6. The summed E-state index contributed by atoms with van der Waals surface area (Å²) < 4.78 is 6.38. The van der Waals surface area contributed by atoms with Crippen molar-refractivity contribution in [1.29, 1.82) is 0 Å². The lowest BCUT2D eigenvalue weighted by atomic mass is 10.0. The topological polar surface area (TPSA) is 108 Å². The number of aryl methyl sites for hydroxylation is 3. The third-order valence-corrected chi connectivity index (χ3v) is 7.45. The number of hydrogen-bond acceptors (Lipinski definition) is 5. The number of nitrogens with zero attached hydrogens (tertiary/aromatic N) is 2. The highest BCUT2D eigenvalue weighted by Gasteiger charge is 2.41. The SMILES string of the molecule is Cc1ccc(C)c(NC(=O)CCN2C(=S)N[C@@H](c3ccccn3)[C@@H]2c2ccc(-c3ccc(C(=O)O)cc3C)o2)c1. The van der Waals surface area contributed by atoms with Gasteiger partial charge in [-0.1, -0.05) is 24.3 Å². The fourth-order valence-corrected chi connectivity index (χ4v) is 5.32. The fraction of sp³-hybridized carbons (Fsp3) is 0.226. The summed E-state index contributed by atoms with van der Waals surface area (Å²) in [5.74, 6) is 0.200. The monoisotopic (exact) mass is 554 g/mol. The van der Waals surface area contributed by atoms with Crippen molar-refractivity contribution in [2.24, 2.45) is 0 Å². The van der Waals surface area contributed by atoms with Crippen LogP contribution in [-0.2, 0) is 4.79 Å². The Morgan fingerprint density at radius 3 is 2.60 bits per heavy atom. The van der Waals surface area contributed by atoms with E-state index in [9.17, 15) is 14.7 Å². The molecule has 204 valence electrons. The second-order valence-corrected chi connectivity index (χ2v) is 10.4. The maximum atomic E-state index is 13.0. The molecule has 3 N–H and O–H groups in total. The summed E-state index contributed by atoms with van der Waals surface area (Å²) in [6.45, 7) is 6.19. The summed E-state index contributed by atoms with van der Waals surface area (Å²) in [6.07, 6.45) is 1.96. The molecule has 0 spiro atoms. The number of hydrogen-bond donors (Lipinski definition) is 3. The van der Waals surface area contributed by atoms with Gasteiger partial charge in [-0.15, -0.1) is 0 Å². The predicted molar refractivity (Wildman–Crippen MR) is 157 cm³/mol. The van der Waals surface area contributed by atoms with E-state index in [1.807, 2.05) is 74.2 Å². The van der Waals surface area contributed by atoms with Gasteiger partial charge >= 0.3 is 5.97 Å². The molecule has 1 aliphatic rings. The van der Waals surface area contributed by atoms with E-state index in [-0.39, 0.29) is 30.0 Å². The number of benzene rings is 2. The number of carbonyl (C=O) groups excluding carboxylic acids is 1. The van der Waals surface area contributed by atoms with Gasteiger partial charge in [-0.25, -0.2) is 4.79 Å². The number of pyridine rings is 1. The number of carboxylic acid groups (broad SMARTS) is 1. The van der Waals surface area contributed by atoms with Crippen LogP contribution in [0.1, 0.15) is 57.0 Å². The van der Waals surface area contributed by atoms with Crippen LogP contribution < -0.4 is 10.6 Å². The van der Waals surface area contributed by atoms with Crippen LogP contribution in [0.2, 0.25) is 0 Å². The molecule has 9 heteroatoms. The Morgan fingerprint density at radius 2 is 1.88 bits per heavy atom. The molecule has 0 unspecified atom stereocenters. The first-order chi connectivity index (χ1) is 19.2. The van der Waals surface area contributed by atoms with Crippen LogP contribution in [0.15, 0.2) is 77.3 Å². The maximum absolute atomic E-state index is 13.0. The molecule has 0 aliphatic carbocycles. The Labute approximate surface area is 238 Å². The summed E-state index contributed by atoms with van der Waals surface area (Å²) >= 11 is 5.73. The van der Waals surface area contributed by atoms with E-state index in [4.69, 9.17) is 16.6 Å². The molecule has 2 aromatic heterocycles. The molecule has 1 aliphatic heterocycles. The zero-order chi connectivity index (χ0) is 28.4. The van der Waals surface area contributed by atoms with Gasteiger partial charge in [0.25, 0.3) is 0 Å². The van der Waals surface area contributed by atoms with Gasteiger partial charge in [0.1, 0.15) is 17.6 Å². The van der Waals surface area contributed by atoms with Crippen molar-refractivity contribution in [3.8, 4) is 11.3 Å². The van der Waals surface area contributed by atoms with Crippen molar-refractivity contribution in [2.75, 3.05) is 11.9 Å². The Bertz CT molecular complexity index is 1580. The molecule has 0 radical (unpaired) electrons. The largest absolute Gasteiger partial charge is 0.478 e. The van der Waals surface area contributed by atoms with Gasteiger partial charge in [0.05, 0.1) is 17.3 Å². The molecule has 40 heavy (non-hydrogen) atoms. The lowest BCUT2D eigenvalue weighted by Crippen LogP contribution is -2.32. The highest BCUT2D eigenvalue weighted by molar-refractivity contribution is 7.80. The van der Waals surface area contributed by atoms with Crippen LogP contribution in [0.5, 0.6) is 0 Å². The number of thiocarbonyl (C=S) groups is 1. The van der Waals surface area contributed by atoms with Gasteiger partial charge in [-0.2, -0.15) is 0 Å². The van der Waals surface area contributed by atoms with E-state index in [0.717, 1.165) is 33.6 Å². The molecule has 1 saturated heterocycles. The zero-order valence-electron chi connectivity index (χ0n) is 22.5. The van der Waals surface area contributed by atoms with Gasteiger partial charge in [0.2, 0.25) is 5.91 Å². The van der Waals surface area contributed by atoms with Crippen molar-refractivity contribution in [2.45, 2.75) is 39.3 Å². The molecule has 5 rings (SSSR count). The summed E-state index contributed by atoms with van der Waals surface area (Å²) in [5, 5.41) is 16.2.